The molecule has 1 N–H and O–H groups in total. The van der Waals surface area contributed by atoms with Gasteiger partial charge < -0.3 is 15.0 Å². The van der Waals surface area contributed by atoms with Crippen LogP contribution in [0.2, 0.25) is 0 Å². The van der Waals surface area contributed by atoms with E-state index in [0.29, 0.717) is 0 Å². The van der Waals surface area contributed by atoms with Crippen LogP contribution in [0, 0.1) is 0 Å². The standard InChI is InChI=1S/C14H22N2O2/c1-5-15-10-12-6-8-13(9-7-12)18-11(2)14(17)16(3)4/h6-9,11,15H,5,10H2,1-4H3. The van der Waals surface area contributed by atoms with E-state index in [1.807, 2.05) is 24.3 Å². The second-order valence-electron chi connectivity index (χ2n) is 4.42. The number of nitrogens with one attached hydrogen (secondary N) is 1. The molecule has 0 saturated carbocycles. The Morgan fingerprint density at radius 1 is 1.33 bits per heavy atom. The normalized spacial score (nSPS) is 12.0. The minimum Gasteiger partial charge on any atom is -0.481 e. The van der Waals surface area contributed by atoms with Gasteiger partial charge in [0, 0.05) is 20.6 Å². The average Bonchev–Trinajstić information content (AvgIpc) is 2.36. The predicted molar refractivity (Wildman–Crippen MR) is 72.6 cm³/mol. The van der Waals surface area contributed by atoms with E-state index in [-0.39, 0.29) is 5.91 Å². The van der Waals surface area contributed by atoms with Crippen LogP contribution < -0.4 is 10.1 Å². The van der Waals surface area contributed by atoms with Crippen LogP contribution in [-0.2, 0) is 11.3 Å². The largest absolute Gasteiger partial charge is 0.481 e. The molecule has 100 valence electrons. The maximum Gasteiger partial charge on any atom is 0.262 e. The van der Waals surface area contributed by atoms with Crippen molar-refractivity contribution in [3.8, 4) is 5.75 Å². The number of benzene rings is 1. The van der Waals surface area contributed by atoms with Crippen molar-refractivity contribution in [3.05, 3.63) is 29.8 Å². The highest BCUT2D eigenvalue weighted by Gasteiger charge is 2.16. The molecule has 4 nitrogen and oxygen atoms in total. The quantitative estimate of drug-likeness (QED) is 0.834. The fraction of sp³-hybridized carbons (Fsp3) is 0.500. The zero-order chi connectivity index (χ0) is 13.5. The first-order valence-electron chi connectivity index (χ1n) is 6.22. The lowest BCUT2D eigenvalue weighted by molar-refractivity contribution is -0.135. The van der Waals surface area contributed by atoms with Gasteiger partial charge in [0.2, 0.25) is 0 Å². The van der Waals surface area contributed by atoms with Gasteiger partial charge in [-0.3, -0.25) is 4.79 Å². The highest BCUT2D eigenvalue weighted by Crippen LogP contribution is 2.14. The lowest BCUT2D eigenvalue weighted by Crippen LogP contribution is -2.35. The molecule has 1 amide bonds. The third-order valence-corrected chi connectivity index (χ3v) is 2.60. The van der Waals surface area contributed by atoms with E-state index >= 15 is 0 Å². The number of rotatable bonds is 6. The highest BCUT2D eigenvalue weighted by molar-refractivity contribution is 5.80. The Morgan fingerprint density at radius 3 is 2.44 bits per heavy atom. The van der Waals surface area contributed by atoms with E-state index in [1.54, 1.807) is 21.0 Å². The molecule has 0 spiro atoms. The maximum absolute atomic E-state index is 11.6. The van der Waals surface area contributed by atoms with Gasteiger partial charge in [-0.1, -0.05) is 19.1 Å². The van der Waals surface area contributed by atoms with E-state index in [4.69, 9.17) is 4.74 Å². The predicted octanol–water partition coefficient (Wildman–Crippen LogP) is 1.65. The van der Waals surface area contributed by atoms with Crippen LogP contribution in [0.4, 0.5) is 0 Å². The molecule has 1 rings (SSSR count). The van der Waals surface area contributed by atoms with Crippen molar-refractivity contribution >= 4 is 5.91 Å². The van der Waals surface area contributed by atoms with Gasteiger partial charge in [0.1, 0.15) is 5.75 Å². The summed E-state index contributed by atoms with van der Waals surface area (Å²) in [4.78, 5) is 13.2. The van der Waals surface area contributed by atoms with Gasteiger partial charge >= 0.3 is 0 Å². The summed E-state index contributed by atoms with van der Waals surface area (Å²) in [5.74, 6) is 0.685. The van der Waals surface area contributed by atoms with Gasteiger partial charge in [0.05, 0.1) is 0 Å². The van der Waals surface area contributed by atoms with Crippen molar-refractivity contribution in [1.29, 1.82) is 0 Å². The molecule has 0 radical (unpaired) electrons. The first kappa shape index (κ1) is 14.5. The molecule has 1 aromatic carbocycles. The Morgan fingerprint density at radius 2 is 1.94 bits per heavy atom. The Kier molecular flexibility index (Phi) is 5.65. The fourth-order valence-corrected chi connectivity index (χ4v) is 1.57. The second-order valence-corrected chi connectivity index (χ2v) is 4.42. The lowest BCUT2D eigenvalue weighted by Gasteiger charge is -2.18. The minimum atomic E-state index is -0.459. The van der Waals surface area contributed by atoms with Crippen molar-refractivity contribution in [3.63, 3.8) is 0 Å². The van der Waals surface area contributed by atoms with E-state index < -0.39 is 6.10 Å². The Labute approximate surface area is 109 Å². The number of likely N-dealkylation sites (N-methyl/N-ethyl adjacent to an activating group) is 1. The lowest BCUT2D eigenvalue weighted by atomic mass is 10.2. The van der Waals surface area contributed by atoms with Crippen LogP contribution in [-0.4, -0.2) is 37.6 Å². The van der Waals surface area contributed by atoms with Gasteiger partial charge in [-0.2, -0.15) is 0 Å². The summed E-state index contributed by atoms with van der Waals surface area (Å²) in [6.07, 6.45) is -0.459. The molecule has 0 aliphatic rings. The summed E-state index contributed by atoms with van der Waals surface area (Å²) in [5, 5.41) is 3.26. The van der Waals surface area contributed by atoms with E-state index in [2.05, 4.69) is 12.2 Å². The third kappa shape index (κ3) is 4.37. The monoisotopic (exact) mass is 250 g/mol. The average molecular weight is 250 g/mol. The Balaban J connectivity index is 2.55. The molecule has 0 aromatic heterocycles. The summed E-state index contributed by atoms with van der Waals surface area (Å²) in [5.41, 5.74) is 1.20. The number of nitrogens with zero attached hydrogens (tertiary/aromatic N) is 1. The van der Waals surface area contributed by atoms with E-state index in [9.17, 15) is 4.79 Å². The second kappa shape index (κ2) is 7.01. The summed E-state index contributed by atoms with van der Waals surface area (Å²) >= 11 is 0. The summed E-state index contributed by atoms with van der Waals surface area (Å²) in [7, 11) is 3.45. The number of hydrogen-bond acceptors (Lipinski definition) is 3. The van der Waals surface area contributed by atoms with Gasteiger partial charge in [-0.25, -0.2) is 0 Å². The third-order valence-electron chi connectivity index (χ3n) is 2.60. The minimum absolute atomic E-state index is 0.0354. The van der Waals surface area contributed by atoms with Gasteiger partial charge in [0.15, 0.2) is 6.10 Å². The van der Waals surface area contributed by atoms with Crippen molar-refractivity contribution in [2.24, 2.45) is 0 Å². The fourth-order valence-electron chi connectivity index (χ4n) is 1.57. The van der Waals surface area contributed by atoms with Crippen molar-refractivity contribution in [2.45, 2.75) is 26.5 Å². The molecule has 18 heavy (non-hydrogen) atoms. The van der Waals surface area contributed by atoms with Crippen LogP contribution in [0.15, 0.2) is 24.3 Å². The highest BCUT2D eigenvalue weighted by atomic mass is 16.5. The molecule has 0 aliphatic heterocycles. The number of amides is 1. The molecular formula is C14H22N2O2. The van der Waals surface area contributed by atoms with Crippen molar-refractivity contribution in [2.75, 3.05) is 20.6 Å². The molecule has 0 fully saturated rings. The van der Waals surface area contributed by atoms with E-state index in [0.717, 1.165) is 18.8 Å². The van der Waals surface area contributed by atoms with Crippen LogP contribution in [0.3, 0.4) is 0 Å². The molecule has 0 bridgehead atoms. The molecule has 1 atom stereocenters. The molecular weight excluding hydrogens is 228 g/mol. The molecule has 1 unspecified atom stereocenters. The van der Waals surface area contributed by atoms with Crippen LogP contribution in [0.25, 0.3) is 0 Å². The summed E-state index contributed by atoms with van der Waals surface area (Å²) in [6.45, 7) is 5.64. The van der Waals surface area contributed by atoms with E-state index in [1.165, 1.54) is 10.5 Å². The van der Waals surface area contributed by atoms with Crippen molar-refractivity contribution in [1.82, 2.24) is 10.2 Å². The maximum atomic E-state index is 11.6. The van der Waals surface area contributed by atoms with Crippen LogP contribution in [0.1, 0.15) is 19.4 Å². The molecule has 4 heteroatoms. The summed E-state index contributed by atoms with van der Waals surface area (Å²) in [6, 6.07) is 7.80. The van der Waals surface area contributed by atoms with Crippen LogP contribution in [0.5, 0.6) is 5.75 Å². The van der Waals surface area contributed by atoms with Gasteiger partial charge in [0.25, 0.3) is 5.91 Å². The van der Waals surface area contributed by atoms with Crippen LogP contribution >= 0.6 is 0 Å². The summed E-state index contributed by atoms with van der Waals surface area (Å²) < 4.78 is 5.59. The number of ether oxygens (including phenoxy) is 1. The first-order valence-corrected chi connectivity index (χ1v) is 6.22. The molecule has 0 aliphatic carbocycles. The molecule has 1 aromatic rings. The zero-order valence-corrected chi connectivity index (χ0v) is 11.6. The zero-order valence-electron chi connectivity index (χ0n) is 11.6. The SMILES string of the molecule is CCNCc1ccc(OC(C)C(=O)N(C)C)cc1. The molecule has 0 heterocycles. The first-order chi connectivity index (χ1) is 8.54. The Bertz CT molecular complexity index is 374. The van der Waals surface area contributed by atoms with Gasteiger partial charge in [-0.15, -0.1) is 0 Å². The Hall–Kier alpha value is -1.55. The number of carbonyl (C=O) groups is 1. The molecule has 0 saturated heterocycles. The van der Waals surface area contributed by atoms with Gasteiger partial charge in [-0.05, 0) is 31.2 Å². The smallest absolute Gasteiger partial charge is 0.262 e. The number of hydrogen-bond donors (Lipinski definition) is 1. The topological polar surface area (TPSA) is 41.6 Å². The number of carbonyl (C=O) groups excluding carboxylic acids is 1. The van der Waals surface area contributed by atoms with Crippen molar-refractivity contribution < 1.29 is 9.53 Å².